The summed E-state index contributed by atoms with van der Waals surface area (Å²) in [7, 11) is 0. The molecule has 0 bridgehead atoms. The molecule has 0 saturated heterocycles. The van der Waals surface area contributed by atoms with Gasteiger partial charge in [-0.1, -0.05) is 60.6 Å². The average Bonchev–Trinajstić information content (AvgIpc) is 3.03. The van der Waals surface area contributed by atoms with E-state index in [9.17, 15) is 4.39 Å². The summed E-state index contributed by atoms with van der Waals surface area (Å²) >= 11 is 7.48. The van der Waals surface area contributed by atoms with Gasteiger partial charge in [-0.25, -0.2) is 9.37 Å². The molecule has 23 heavy (non-hydrogen) atoms. The van der Waals surface area contributed by atoms with Gasteiger partial charge in [-0.15, -0.1) is 5.10 Å². The third-order valence-electron chi connectivity index (χ3n) is 3.47. The first kappa shape index (κ1) is 16.0. The molecule has 0 atom stereocenters. The van der Waals surface area contributed by atoms with E-state index in [2.05, 4.69) is 34.2 Å². The Labute approximate surface area is 143 Å². The molecule has 0 radical (unpaired) electrons. The monoisotopic (exact) mass is 347 g/mol. The molecule has 2 aromatic carbocycles. The Morgan fingerprint density at radius 2 is 1.96 bits per heavy atom. The summed E-state index contributed by atoms with van der Waals surface area (Å²) in [6, 6.07) is 12.6. The Bertz CT molecular complexity index is 802. The minimum atomic E-state index is -0.334. The van der Waals surface area contributed by atoms with Gasteiger partial charge in [0, 0.05) is 16.3 Å². The number of hydrogen-bond acceptors (Lipinski definition) is 3. The lowest BCUT2D eigenvalue weighted by atomic mass is 10.1. The van der Waals surface area contributed by atoms with E-state index in [4.69, 9.17) is 11.6 Å². The largest absolute Gasteiger partial charge is 0.258 e. The van der Waals surface area contributed by atoms with Crippen LogP contribution in [0.3, 0.4) is 0 Å². The van der Waals surface area contributed by atoms with Crippen LogP contribution in [0.2, 0.25) is 5.02 Å². The number of aromatic amines is 1. The highest BCUT2D eigenvalue weighted by Gasteiger charge is 2.08. The summed E-state index contributed by atoms with van der Waals surface area (Å²) in [5.41, 5.74) is 3.15. The van der Waals surface area contributed by atoms with E-state index in [0.717, 1.165) is 23.4 Å². The molecule has 6 heteroatoms. The van der Waals surface area contributed by atoms with Crippen LogP contribution in [0.1, 0.15) is 18.1 Å². The van der Waals surface area contributed by atoms with Gasteiger partial charge in [0.25, 0.3) is 0 Å². The molecule has 1 N–H and O–H groups in total. The Kier molecular flexibility index (Phi) is 4.98. The fourth-order valence-corrected chi connectivity index (χ4v) is 3.24. The summed E-state index contributed by atoms with van der Waals surface area (Å²) in [5, 5.41) is 8.21. The van der Waals surface area contributed by atoms with Gasteiger partial charge in [0.1, 0.15) is 5.82 Å². The van der Waals surface area contributed by atoms with Crippen LogP contribution in [0, 0.1) is 5.82 Å². The highest BCUT2D eigenvalue weighted by atomic mass is 35.5. The second-order valence-corrected chi connectivity index (χ2v) is 6.39. The van der Waals surface area contributed by atoms with Crippen molar-refractivity contribution in [1.29, 1.82) is 0 Å². The van der Waals surface area contributed by atoms with Crippen molar-refractivity contribution < 1.29 is 4.39 Å². The second kappa shape index (κ2) is 7.15. The van der Waals surface area contributed by atoms with Crippen LogP contribution >= 0.6 is 23.4 Å². The summed E-state index contributed by atoms with van der Waals surface area (Å²) in [5.74, 6) is 0.991. The van der Waals surface area contributed by atoms with Gasteiger partial charge in [-0.05, 0) is 29.7 Å². The van der Waals surface area contributed by atoms with Gasteiger partial charge in [0.05, 0.1) is 0 Å². The van der Waals surface area contributed by atoms with Crippen molar-refractivity contribution in [1.82, 2.24) is 15.2 Å². The highest BCUT2D eigenvalue weighted by Crippen LogP contribution is 2.26. The second-order valence-electron chi connectivity index (χ2n) is 5.04. The van der Waals surface area contributed by atoms with E-state index in [-0.39, 0.29) is 5.82 Å². The molecule has 0 saturated carbocycles. The fraction of sp³-hybridized carbons (Fsp3) is 0.176. The zero-order chi connectivity index (χ0) is 16.2. The normalized spacial score (nSPS) is 10.9. The van der Waals surface area contributed by atoms with Crippen LogP contribution < -0.4 is 0 Å². The smallest absolute Gasteiger partial charge is 0.209 e. The summed E-state index contributed by atoms with van der Waals surface area (Å²) in [6.45, 7) is 2.12. The molecule has 1 heterocycles. The first-order chi connectivity index (χ1) is 11.2. The van der Waals surface area contributed by atoms with Gasteiger partial charge in [-0.2, -0.15) is 0 Å². The molecule has 0 spiro atoms. The predicted molar refractivity (Wildman–Crippen MR) is 92.2 cm³/mol. The van der Waals surface area contributed by atoms with Gasteiger partial charge < -0.3 is 0 Å². The number of rotatable bonds is 5. The maximum absolute atomic E-state index is 13.0. The van der Waals surface area contributed by atoms with Gasteiger partial charge in [0.2, 0.25) is 5.16 Å². The van der Waals surface area contributed by atoms with Gasteiger partial charge in [-0.3, -0.25) is 5.10 Å². The molecule has 3 aromatic rings. The van der Waals surface area contributed by atoms with E-state index >= 15 is 0 Å². The minimum Gasteiger partial charge on any atom is -0.258 e. The first-order valence-electron chi connectivity index (χ1n) is 7.24. The molecule has 0 aliphatic carbocycles. The topological polar surface area (TPSA) is 41.6 Å². The number of hydrogen-bond donors (Lipinski definition) is 1. The number of aryl methyl sites for hydroxylation is 1. The lowest BCUT2D eigenvalue weighted by molar-refractivity contribution is 0.627. The van der Waals surface area contributed by atoms with Crippen LogP contribution in [-0.4, -0.2) is 15.2 Å². The third-order valence-corrected chi connectivity index (χ3v) is 4.72. The number of halogens is 2. The molecule has 118 valence electrons. The van der Waals surface area contributed by atoms with Crippen LogP contribution in [0.15, 0.2) is 47.6 Å². The number of nitrogens with zero attached hydrogens (tertiary/aromatic N) is 2. The van der Waals surface area contributed by atoms with E-state index < -0.39 is 0 Å². The summed E-state index contributed by atoms with van der Waals surface area (Å²) < 4.78 is 13.0. The van der Waals surface area contributed by atoms with Crippen molar-refractivity contribution in [3.05, 3.63) is 64.4 Å². The predicted octanol–water partition coefficient (Wildman–Crippen LogP) is 5.12. The van der Waals surface area contributed by atoms with Crippen LogP contribution in [0.5, 0.6) is 0 Å². The Morgan fingerprint density at radius 1 is 1.17 bits per heavy atom. The van der Waals surface area contributed by atoms with Crippen molar-refractivity contribution in [2.24, 2.45) is 0 Å². The summed E-state index contributed by atoms with van der Waals surface area (Å²) in [6.07, 6.45) is 1.01. The van der Waals surface area contributed by atoms with E-state index in [0.29, 0.717) is 15.9 Å². The Hall–Kier alpha value is -1.85. The van der Waals surface area contributed by atoms with Crippen molar-refractivity contribution >= 4 is 23.4 Å². The molecule has 0 unspecified atom stereocenters. The van der Waals surface area contributed by atoms with E-state index in [1.54, 1.807) is 6.07 Å². The van der Waals surface area contributed by atoms with Crippen molar-refractivity contribution in [3.63, 3.8) is 0 Å². The molecule has 0 amide bonds. The molecular weight excluding hydrogens is 333 g/mol. The number of H-pyrrole nitrogens is 1. The number of nitrogens with one attached hydrogen (secondary N) is 1. The molecule has 1 aromatic heterocycles. The molecule has 3 nitrogen and oxygen atoms in total. The minimum absolute atomic E-state index is 0.334. The quantitative estimate of drug-likeness (QED) is 0.651. The number of benzene rings is 2. The molecule has 0 aliphatic rings. The van der Waals surface area contributed by atoms with E-state index in [1.807, 2.05) is 12.1 Å². The average molecular weight is 348 g/mol. The van der Waals surface area contributed by atoms with Crippen molar-refractivity contribution in [3.8, 4) is 11.4 Å². The van der Waals surface area contributed by atoms with Gasteiger partial charge in [0.15, 0.2) is 5.82 Å². The van der Waals surface area contributed by atoms with Crippen LogP contribution in [0.25, 0.3) is 11.4 Å². The number of thioether (sulfide) groups is 1. The molecule has 3 rings (SSSR count). The van der Waals surface area contributed by atoms with Crippen LogP contribution in [-0.2, 0) is 12.2 Å². The van der Waals surface area contributed by atoms with Crippen LogP contribution in [0.4, 0.5) is 4.39 Å². The zero-order valence-corrected chi connectivity index (χ0v) is 14.1. The maximum atomic E-state index is 13.0. The zero-order valence-electron chi connectivity index (χ0n) is 12.5. The SMILES string of the molecule is CCc1ccc(-c2nc(SCc3ccc(F)cc3Cl)n[nH]2)cc1. The lowest BCUT2D eigenvalue weighted by Crippen LogP contribution is -1.86. The summed E-state index contributed by atoms with van der Waals surface area (Å²) in [4.78, 5) is 4.48. The molecule has 0 aliphatic heterocycles. The van der Waals surface area contributed by atoms with Crippen molar-refractivity contribution in [2.45, 2.75) is 24.3 Å². The van der Waals surface area contributed by atoms with Crippen molar-refractivity contribution in [2.75, 3.05) is 0 Å². The number of aromatic nitrogens is 3. The van der Waals surface area contributed by atoms with Gasteiger partial charge >= 0.3 is 0 Å². The Morgan fingerprint density at radius 3 is 2.65 bits per heavy atom. The maximum Gasteiger partial charge on any atom is 0.209 e. The first-order valence-corrected chi connectivity index (χ1v) is 8.60. The standard InChI is InChI=1S/C17H15ClFN3S/c1-2-11-3-5-12(6-4-11)16-20-17(22-21-16)23-10-13-7-8-14(19)9-15(13)18/h3-9H,2,10H2,1H3,(H,20,21,22). The molecular formula is C17H15ClFN3S. The highest BCUT2D eigenvalue weighted by molar-refractivity contribution is 7.98. The Balaban J connectivity index is 1.69. The van der Waals surface area contributed by atoms with E-state index in [1.165, 1.54) is 29.5 Å². The fourth-order valence-electron chi connectivity index (χ4n) is 2.12. The lowest BCUT2D eigenvalue weighted by Gasteiger charge is -2.01. The third kappa shape index (κ3) is 3.92. The molecule has 0 fully saturated rings.